The van der Waals surface area contributed by atoms with Crippen molar-refractivity contribution in [2.24, 2.45) is 0 Å². The second-order valence-corrected chi connectivity index (χ2v) is 4.04. The number of halogens is 1. The predicted molar refractivity (Wildman–Crippen MR) is 52.7 cm³/mol. The molecule has 0 heterocycles. The van der Waals surface area contributed by atoms with Crippen molar-refractivity contribution in [1.29, 1.82) is 0 Å². The molecular formula is C10H13ClO2. The summed E-state index contributed by atoms with van der Waals surface area (Å²) in [6.45, 7) is 3.12. The molecule has 0 bridgehead atoms. The Morgan fingerprint density at radius 2 is 1.69 bits per heavy atom. The quantitative estimate of drug-likeness (QED) is 0.768. The van der Waals surface area contributed by atoms with Crippen LogP contribution in [0.5, 0.6) is 0 Å². The Hall–Kier alpha value is -0.570. The van der Waals surface area contributed by atoms with Gasteiger partial charge >= 0.3 is 0 Å². The molecule has 0 fully saturated rings. The molecule has 3 heteroatoms. The highest BCUT2D eigenvalue weighted by Gasteiger charge is 2.25. The minimum absolute atomic E-state index is 0.617. The second kappa shape index (κ2) is 3.66. The van der Waals surface area contributed by atoms with Gasteiger partial charge in [-0.15, -0.1) is 0 Å². The first-order valence-corrected chi connectivity index (χ1v) is 4.45. The Kier molecular flexibility index (Phi) is 2.96. The lowest BCUT2D eigenvalue weighted by atomic mass is 9.95. The molecule has 1 aromatic carbocycles. The van der Waals surface area contributed by atoms with Crippen molar-refractivity contribution in [1.82, 2.24) is 0 Å². The van der Waals surface area contributed by atoms with E-state index in [-0.39, 0.29) is 0 Å². The van der Waals surface area contributed by atoms with Crippen molar-refractivity contribution < 1.29 is 10.2 Å². The van der Waals surface area contributed by atoms with Crippen LogP contribution in [0.25, 0.3) is 0 Å². The lowest BCUT2D eigenvalue weighted by Crippen LogP contribution is -2.28. The van der Waals surface area contributed by atoms with Crippen LogP contribution in [-0.2, 0) is 0 Å². The average molecular weight is 201 g/mol. The van der Waals surface area contributed by atoms with Crippen LogP contribution in [0.2, 0.25) is 5.02 Å². The minimum Gasteiger partial charge on any atom is -0.387 e. The van der Waals surface area contributed by atoms with Crippen LogP contribution >= 0.6 is 11.6 Å². The average Bonchev–Trinajstić information content (AvgIpc) is 2.03. The van der Waals surface area contributed by atoms with Gasteiger partial charge in [-0.25, -0.2) is 0 Å². The molecule has 0 saturated heterocycles. The third-order valence-electron chi connectivity index (χ3n) is 1.85. The van der Waals surface area contributed by atoms with Crippen molar-refractivity contribution in [3.05, 3.63) is 34.9 Å². The number of rotatable bonds is 2. The van der Waals surface area contributed by atoms with Crippen LogP contribution in [0.4, 0.5) is 0 Å². The zero-order valence-electron chi connectivity index (χ0n) is 7.66. The Morgan fingerprint density at radius 3 is 2.08 bits per heavy atom. The molecule has 0 radical (unpaired) electrons. The maximum atomic E-state index is 9.65. The Balaban J connectivity index is 2.90. The fourth-order valence-electron chi connectivity index (χ4n) is 1.05. The van der Waals surface area contributed by atoms with E-state index in [9.17, 15) is 10.2 Å². The van der Waals surface area contributed by atoms with Gasteiger partial charge in [-0.1, -0.05) is 23.7 Å². The van der Waals surface area contributed by atoms with Crippen LogP contribution < -0.4 is 0 Å². The largest absolute Gasteiger partial charge is 0.387 e. The third-order valence-corrected chi connectivity index (χ3v) is 2.11. The first-order chi connectivity index (χ1) is 5.91. The molecule has 0 aliphatic heterocycles. The first-order valence-electron chi connectivity index (χ1n) is 4.07. The fraction of sp³-hybridized carbons (Fsp3) is 0.400. The molecule has 1 atom stereocenters. The highest BCUT2D eigenvalue weighted by Crippen LogP contribution is 2.25. The Bertz CT molecular complexity index is 274. The molecule has 2 nitrogen and oxygen atoms in total. The van der Waals surface area contributed by atoms with Gasteiger partial charge in [0.2, 0.25) is 0 Å². The minimum atomic E-state index is -1.13. The summed E-state index contributed by atoms with van der Waals surface area (Å²) in [6, 6.07) is 6.77. The zero-order valence-corrected chi connectivity index (χ0v) is 8.42. The van der Waals surface area contributed by atoms with E-state index in [0.717, 1.165) is 0 Å². The van der Waals surface area contributed by atoms with E-state index < -0.39 is 11.7 Å². The summed E-state index contributed by atoms with van der Waals surface area (Å²) in [5.74, 6) is 0. The van der Waals surface area contributed by atoms with Gasteiger partial charge in [0.1, 0.15) is 6.10 Å². The smallest absolute Gasteiger partial charge is 0.107 e. The lowest BCUT2D eigenvalue weighted by molar-refractivity contribution is -0.0496. The van der Waals surface area contributed by atoms with E-state index in [1.807, 2.05) is 0 Å². The molecular weight excluding hydrogens is 188 g/mol. The van der Waals surface area contributed by atoms with Crippen LogP contribution in [0.3, 0.4) is 0 Å². The van der Waals surface area contributed by atoms with Gasteiger partial charge in [0.25, 0.3) is 0 Å². The predicted octanol–water partition coefficient (Wildman–Crippen LogP) is 2.14. The van der Waals surface area contributed by atoms with Crippen molar-refractivity contribution >= 4 is 11.6 Å². The van der Waals surface area contributed by atoms with Gasteiger partial charge in [-0.3, -0.25) is 0 Å². The van der Waals surface area contributed by atoms with Crippen molar-refractivity contribution in [2.45, 2.75) is 25.6 Å². The molecule has 2 N–H and O–H groups in total. The molecule has 0 aliphatic rings. The molecule has 0 spiro atoms. The van der Waals surface area contributed by atoms with E-state index in [2.05, 4.69) is 0 Å². The van der Waals surface area contributed by atoms with Crippen molar-refractivity contribution in [3.63, 3.8) is 0 Å². The molecule has 13 heavy (non-hydrogen) atoms. The van der Waals surface area contributed by atoms with E-state index in [0.29, 0.717) is 10.6 Å². The molecule has 0 saturated carbocycles. The van der Waals surface area contributed by atoms with E-state index >= 15 is 0 Å². The molecule has 0 aromatic heterocycles. The standard InChI is InChI=1S/C10H13ClO2/c1-10(2,13)9(12)7-3-5-8(11)6-4-7/h3-6,9,12-13H,1-2H3. The van der Waals surface area contributed by atoms with Gasteiger partial charge in [0, 0.05) is 5.02 Å². The maximum absolute atomic E-state index is 9.65. The van der Waals surface area contributed by atoms with Crippen LogP contribution in [0.1, 0.15) is 25.5 Å². The second-order valence-electron chi connectivity index (χ2n) is 3.61. The van der Waals surface area contributed by atoms with Crippen molar-refractivity contribution in [3.8, 4) is 0 Å². The number of benzene rings is 1. The van der Waals surface area contributed by atoms with E-state index in [1.54, 1.807) is 38.1 Å². The topological polar surface area (TPSA) is 40.5 Å². The number of aliphatic hydroxyl groups excluding tert-OH is 1. The molecule has 0 aliphatic carbocycles. The first kappa shape index (κ1) is 10.5. The summed E-state index contributed by atoms with van der Waals surface area (Å²) in [5.41, 5.74) is -0.467. The summed E-state index contributed by atoms with van der Waals surface area (Å²) >= 11 is 5.69. The Morgan fingerprint density at radius 1 is 1.23 bits per heavy atom. The molecule has 0 amide bonds. The molecule has 72 valence electrons. The number of hydrogen-bond donors (Lipinski definition) is 2. The van der Waals surface area contributed by atoms with Crippen LogP contribution in [0.15, 0.2) is 24.3 Å². The van der Waals surface area contributed by atoms with E-state index in [4.69, 9.17) is 11.6 Å². The van der Waals surface area contributed by atoms with Gasteiger partial charge in [-0.05, 0) is 31.5 Å². The summed E-state index contributed by atoms with van der Waals surface area (Å²) in [4.78, 5) is 0. The van der Waals surface area contributed by atoms with Gasteiger partial charge in [-0.2, -0.15) is 0 Å². The molecule has 1 unspecified atom stereocenters. The number of aliphatic hydroxyl groups is 2. The highest BCUT2D eigenvalue weighted by molar-refractivity contribution is 6.30. The number of hydrogen-bond acceptors (Lipinski definition) is 2. The summed E-state index contributed by atoms with van der Waals surface area (Å²) < 4.78 is 0. The fourth-order valence-corrected chi connectivity index (χ4v) is 1.18. The van der Waals surface area contributed by atoms with Crippen molar-refractivity contribution in [2.75, 3.05) is 0 Å². The Labute approximate surface area is 82.8 Å². The summed E-state index contributed by atoms with van der Waals surface area (Å²) in [6.07, 6.45) is -0.884. The highest BCUT2D eigenvalue weighted by atomic mass is 35.5. The van der Waals surface area contributed by atoms with Gasteiger partial charge < -0.3 is 10.2 Å². The van der Waals surface area contributed by atoms with E-state index in [1.165, 1.54) is 0 Å². The maximum Gasteiger partial charge on any atom is 0.107 e. The van der Waals surface area contributed by atoms with Crippen LogP contribution in [0, 0.1) is 0 Å². The SMILES string of the molecule is CC(C)(O)C(O)c1ccc(Cl)cc1. The van der Waals surface area contributed by atoms with Gasteiger partial charge in [0.15, 0.2) is 0 Å². The van der Waals surface area contributed by atoms with Gasteiger partial charge in [0.05, 0.1) is 5.60 Å². The van der Waals surface area contributed by atoms with Crippen LogP contribution in [-0.4, -0.2) is 15.8 Å². The normalized spacial score (nSPS) is 14.2. The lowest BCUT2D eigenvalue weighted by Gasteiger charge is -2.24. The third kappa shape index (κ3) is 2.69. The zero-order chi connectivity index (χ0) is 10.1. The molecule has 1 aromatic rings. The molecule has 1 rings (SSSR count). The summed E-state index contributed by atoms with van der Waals surface area (Å²) in [7, 11) is 0. The monoisotopic (exact) mass is 200 g/mol. The summed E-state index contributed by atoms with van der Waals surface area (Å²) in [5, 5.41) is 19.8.